The molecule has 2 heteroatoms. The lowest BCUT2D eigenvalue weighted by Gasteiger charge is -2.27. The molecule has 0 bridgehead atoms. The van der Waals surface area contributed by atoms with Gasteiger partial charge in [0.2, 0.25) is 0 Å². The van der Waals surface area contributed by atoms with Gasteiger partial charge in [0, 0.05) is 17.0 Å². The molecule has 0 saturated heterocycles. The van der Waals surface area contributed by atoms with Crippen LogP contribution in [0.15, 0.2) is 18.2 Å². The lowest BCUT2D eigenvalue weighted by atomic mass is 9.81. The Balaban J connectivity index is 3.13. The quantitative estimate of drug-likeness (QED) is 0.854. The van der Waals surface area contributed by atoms with Crippen LogP contribution in [0, 0.1) is 0 Å². The Labute approximate surface area is 111 Å². The van der Waals surface area contributed by atoms with Gasteiger partial charge in [-0.3, -0.25) is 0 Å². The van der Waals surface area contributed by atoms with Gasteiger partial charge in [0.25, 0.3) is 0 Å². The number of halogens is 1. The molecular formula is C15H24ClN. The molecular weight excluding hydrogens is 230 g/mol. The van der Waals surface area contributed by atoms with E-state index in [0.29, 0.717) is 0 Å². The number of hydrogen-bond donors (Lipinski definition) is 1. The van der Waals surface area contributed by atoms with Gasteiger partial charge < -0.3 is 5.32 Å². The van der Waals surface area contributed by atoms with Crippen molar-refractivity contribution in [2.24, 2.45) is 0 Å². The molecule has 0 atom stereocenters. The van der Waals surface area contributed by atoms with E-state index in [4.69, 9.17) is 11.6 Å². The highest BCUT2D eigenvalue weighted by molar-refractivity contribution is 6.31. The summed E-state index contributed by atoms with van der Waals surface area (Å²) < 4.78 is 0. The molecule has 0 aliphatic carbocycles. The third kappa shape index (κ3) is 3.46. The minimum absolute atomic E-state index is 0.1000. The van der Waals surface area contributed by atoms with Crippen LogP contribution in [0.2, 0.25) is 5.02 Å². The molecule has 0 heterocycles. The van der Waals surface area contributed by atoms with Crippen LogP contribution in [0.1, 0.15) is 45.7 Å². The normalized spacial score (nSPS) is 12.9. The first-order valence-electron chi connectivity index (χ1n) is 6.13. The summed E-state index contributed by atoms with van der Waals surface area (Å²) in [5, 5.41) is 4.10. The van der Waals surface area contributed by atoms with Crippen molar-refractivity contribution < 1.29 is 0 Å². The minimum Gasteiger partial charge on any atom is -0.319 e. The summed E-state index contributed by atoms with van der Waals surface area (Å²) >= 11 is 6.40. The second kappa shape index (κ2) is 4.99. The number of nitrogens with one attached hydrogen (secondary N) is 1. The summed E-state index contributed by atoms with van der Waals surface area (Å²) in [5.41, 5.74) is 2.70. The molecule has 0 fully saturated rings. The largest absolute Gasteiger partial charge is 0.319 e. The first kappa shape index (κ1) is 14.5. The number of hydrogen-bond acceptors (Lipinski definition) is 1. The van der Waals surface area contributed by atoms with E-state index in [1.165, 1.54) is 11.1 Å². The molecule has 0 aliphatic heterocycles. The predicted molar refractivity (Wildman–Crippen MR) is 77.1 cm³/mol. The van der Waals surface area contributed by atoms with Crippen LogP contribution in [0.4, 0.5) is 0 Å². The fraction of sp³-hybridized carbons (Fsp3) is 0.600. The molecule has 1 rings (SSSR count). The SMILES string of the molecule is CNCC(C)(C)c1ccc(C(C)(C)C)c(Cl)c1. The predicted octanol–water partition coefficient (Wildman–Crippen LogP) is 4.13. The zero-order chi connectivity index (χ0) is 13.3. The highest BCUT2D eigenvalue weighted by atomic mass is 35.5. The Kier molecular flexibility index (Phi) is 4.27. The van der Waals surface area contributed by atoms with Gasteiger partial charge in [0.15, 0.2) is 0 Å². The van der Waals surface area contributed by atoms with Crippen molar-refractivity contribution in [3.05, 3.63) is 34.3 Å². The van der Waals surface area contributed by atoms with Crippen LogP contribution in [0.5, 0.6) is 0 Å². The summed E-state index contributed by atoms with van der Waals surface area (Å²) in [4.78, 5) is 0. The third-order valence-electron chi connectivity index (χ3n) is 3.18. The van der Waals surface area contributed by atoms with Crippen LogP contribution in [0.3, 0.4) is 0 Å². The molecule has 0 aromatic heterocycles. The van der Waals surface area contributed by atoms with Crippen molar-refractivity contribution in [2.45, 2.75) is 45.4 Å². The van der Waals surface area contributed by atoms with Crippen molar-refractivity contribution in [1.82, 2.24) is 5.32 Å². The first-order valence-corrected chi connectivity index (χ1v) is 6.51. The molecule has 96 valence electrons. The third-order valence-corrected chi connectivity index (χ3v) is 3.49. The Morgan fingerprint density at radius 1 is 1.12 bits per heavy atom. The van der Waals surface area contributed by atoms with Crippen molar-refractivity contribution in [3.8, 4) is 0 Å². The van der Waals surface area contributed by atoms with Gasteiger partial charge in [0.05, 0.1) is 0 Å². The van der Waals surface area contributed by atoms with E-state index in [-0.39, 0.29) is 10.8 Å². The van der Waals surface area contributed by atoms with Crippen molar-refractivity contribution in [2.75, 3.05) is 13.6 Å². The summed E-state index contributed by atoms with van der Waals surface area (Å²) in [6.07, 6.45) is 0. The zero-order valence-electron chi connectivity index (χ0n) is 11.8. The van der Waals surface area contributed by atoms with Gasteiger partial charge in [-0.15, -0.1) is 0 Å². The average molecular weight is 254 g/mol. The van der Waals surface area contributed by atoms with Crippen LogP contribution in [-0.2, 0) is 10.8 Å². The van der Waals surface area contributed by atoms with Crippen LogP contribution in [-0.4, -0.2) is 13.6 Å². The maximum Gasteiger partial charge on any atom is 0.0446 e. The van der Waals surface area contributed by atoms with Crippen molar-refractivity contribution in [3.63, 3.8) is 0 Å². The van der Waals surface area contributed by atoms with E-state index in [9.17, 15) is 0 Å². The van der Waals surface area contributed by atoms with Gasteiger partial charge in [-0.2, -0.15) is 0 Å². The minimum atomic E-state index is 0.1000. The molecule has 1 nitrogen and oxygen atoms in total. The van der Waals surface area contributed by atoms with Crippen molar-refractivity contribution in [1.29, 1.82) is 0 Å². The lowest BCUT2D eigenvalue weighted by molar-refractivity contribution is 0.493. The molecule has 0 unspecified atom stereocenters. The van der Waals surface area contributed by atoms with Crippen LogP contribution in [0.25, 0.3) is 0 Å². The highest BCUT2D eigenvalue weighted by Crippen LogP contribution is 2.33. The molecule has 1 aromatic rings. The molecule has 0 amide bonds. The topological polar surface area (TPSA) is 12.0 Å². The van der Waals surface area contributed by atoms with E-state index in [1.807, 2.05) is 7.05 Å². The Bertz CT molecular complexity index is 388. The Morgan fingerprint density at radius 2 is 1.71 bits per heavy atom. The molecule has 0 spiro atoms. The zero-order valence-corrected chi connectivity index (χ0v) is 12.6. The highest BCUT2D eigenvalue weighted by Gasteiger charge is 2.23. The fourth-order valence-electron chi connectivity index (χ4n) is 2.09. The van der Waals surface area contributed by atoms with Crippen LogP contribution >= 0.6 is 11.6 Å². The maximum atomic E-state index is 6.40. The first-order chi connectivity index (χ1) is 7.68. The molecule has 0 aliphatic rings. The maximum absolute atomic E-state index is 6.40. The molecule has 17 heavy (non-hydrogen) atoms. The second-order valence-corrected chi connectivity index (χ2v) is 6.77. The van der Waals surface area contributed by atoms with Gasteiger partial charge >= 0.3 is 0 Å². The van der Waals surface area contributed by atoms with Gasteiger partial charge in [-0.25, -0.2) is 0 Å². The fourth-order valence-corrected chi connectivity index (χ4v) is 2.55. The van der Waals surface area contributed by atoms with Crippen LogP contribution < -0.4 is 5.32 Å². The summed E-state index contributed by atoms with van der Waals surface area (Å²) in [5.74, 6) is 0. The Hall–Kier alpha value is -0.530. The smallest absolute Gasteiger partial charge is 0.0446 e. The summed E-state index contributed by atoms with van der Waals surface area (Å²) in [6, 6.07) is 6.47. The van der Waals surface area contributed by atoms with Gasteiger partial charge in [-0.05, 0) is 29.7 Å². The van der Waals surface area contributed by atoms with Crippen molar-refractivity contribution >= 4 is 11.6 Å². The molecule has 1 aromatic carbocycles. The van der Waals surface area contributed by atoms with Gasteiger partial charge in [-0.1, -0.05) is 58.4 Å². The Morgan fingerprint density at radius 3 is 2.12 bits per heavy atom. The summed E-state index contributed by atoms with van der Waals surface area (Å²) in [7, 11) is 1.98. The van der Waals surface area contributed by atoms with Gasteiger partial charge in [0.1, 0.15) is 0 Å². The molecule has 0 saturated carbocycles. The lowest BCUT2D eigenvalue weighted by Crippen LogP contribution is -2.30. The molecule has 0 radical (unpaired) electrons. The summed E-state index contributed by atoms with van der Waals surface area (Å²) in [6.45, 7) is 12.0. The van der Waals surface area contributed by atoms with E-state index in [1.54, 1.807) is 0 Å². The average Bonchev–Trinajstić information content (AvgIpc) is 2.15. The second-order valence-electron chi connectivity index (χ2n) is 6.36. The van der Waals surface area contributed by atoms with E-state index >= 15 is 0 Å². The number of likely N-dealkylation sites (N-methyl/N-ethyl adjacent to an activating group) is 1. The number of rotatable bonds is 3. The number of benzene rings is 1. The standard InChI is InChI=1S/C15H24ClN/c1-14(2,3)12-8-7-11(9-13(12)16)15(4,5)10-17-6/h7-9,17H,10H2,1-6H3. The van der Waals surface area contributed by atoms with E-state index < -0.39 is 0 Å². The van der Waals surface area contributed by atoms with E-state index in [2.05, 4.69) is 58.1 Å². The monoisotopic (exact) mass is 253 g/mol. The molecule has 1 N–H and O–H groups in total. The van der Waals surface area contributed by atoms with E-state index in [0.717, 1.165) is 11.6 Å².